The minimum Gasteiger partial charge on any atom is -0.331 e. The highest BCUT2D eigenvalue weighted by molar-refractivity contribution is 7.98. The molecule has 3 rings (SSSR count). The molecule has 2 aromatic rings. The Labute approximate surface area is 167 Å². The van der Waals surface area contributed by atoms with E-state index >= 15 is 0 Å². The summed E-state index contributed by atoms with van der Waals surface area (Å²) in [5, 5.41) is 12.5. The van der Waals surface area contributed by atoms with Crippen LogP contribution in [0.2, 0.25) is 0 Å². The molecule has 0 aliphatic carbocycles. The zero-order chi connectivity index (χ0) is 19.2. The van der Waals surface area contributed by atoms with Gasteiger partial charge < -0.3 is 15.1 Å². The van der Waals surface area contributed by atoms with Gasteiger partial charge in [0.15, 0.2) is 0 Å². The minimum atomic E-state index is -0.0951. The first-order valence-electron chi connectivity index (χ1n) is 8.80. The van der Waals surface area contributed by atoms with Gasteiger partial charge in [0.1, 0.15) is 5.01 Å². The Kier molecular flexibility index (Phi) is 6.68. The van der Waals surface area contributed by atoms with Gasteiger partial charge in [0.25, 0.3) is 0 Å². The van der Waals surface area contributed by atoms with Gasteiger partial charge in [-0.3, -0.25) is 4.79 Å². The minimum absolute atomic E-state index is 0.00135. The van der Waals surface area contributed by atoms with Crippen molar-refractivity contribution in [2.75, 3.05) is 32.5 Å². The zero-order valence-electron chi connectivity index (χ0n) is 15.4. The SMILES string of the molecule is CN(C)C(=O)N1CCC(C(=O)Nc2nnc(CSc3ccccc3)s2)CC1. The summed E-state index contributed by atoms with van der Waals surface area (Å²) in [6.07, 6.45) is 1.34. The summed E-state index contributed by atoms with van der Waals surface area (Å²) in [7, 11) is 3.48. The summed E-state index contributed by atoms with van der Waals surface area (Å²) in [5.74, 6) is 0.593. The molecule has 1 fully saturated rings. The third kappa shape index (κ3) is 5.43. The number of piperidine rings is 1. The molecule has 1 saturated heterocycles. The van der Waals surface area contributed by atoms with Crippen LogP contribution in [0.4, 0.5) is 9.93 Å². The molecule has 0 saturated carbocycles. The highest BCUT2D eigenvalue weighted by Gasteiger charge is 2.28. The zero-order valence-corrected chi connectivity index (χ0v) is 17.1. The monoisotopic (exact) mass is 405 g/mol. The predicted molar refractivity (Wildman–Crippen MR) is 108 cm³/mol. The standard InChI is InChI=1S/C18H23N5O2S2/c1-22(2)18(25)23-10-8-13(9-11-23)16(24)19-17-21-20-15(27-17)12-26-14-6-4-3-5-7-14/h3-7,13H,8-12H2,1-2H3,(H,19,21,24). The number of rotatable bonds is 5. The Morgan fingerprint density at radius 3 is 2.59 bits per heavy atom. The van der Waals surface area contributed by atoms with Crippen LogP contribution in [0.25, 0.3) is 0 Å². The molecule has 1 aromatic heterocycles. The lowest BCUT2D eigenvalue weighted by atomic mass is 9.96. The van der Waals surface area contributed by atoms with Crippen LogP contribution < -0.4 is 5.32 Å². The number of urea groups is 1. The second-order valence-electron chi connectivity index (χ2n) is 6.53. The number of carbonyl (C=O) groups excluding carboxylic acids is 2. The molecule has 1 aliphatic heterocycles. The van der Waals surface area contributed by atoms with Crippen LogP contribution in [0.15, 0.2) is 35.2 Å². The van der Waals surface area contributed by atoms with Gasteiger partial charge in [-0.1, -0.05) is 29.5 Å². The van der Waals surface area contributed by atoms with E-state index < -0.39 is 0 Å². The molecule has 1 aromatic carbocycles. The normalized spacial score (nSPS) is 14.8. The third-order valence-electron chi connectivity index (χ3n) is 4.32. The number of amides is 3. The second-order valence-corrected chi connectivity index (χ2v) is 8.64. The number of benzene rings is 1. The van der Waals surface area contributed by atoms with Crippen molar-refractivity contribution in [2.24, 2.45) is 5.92 Å². The Morgan fingerprint density at radius 1 is 1.22 bits per heavy atom. The molecular formula is C18H23N5O2S2. The van der Waals surface area contributed by atoms with Gasteiger partial charge in [-0.05, 0) is 25.0 Å². The van der Waals surface area contributed by atoms with E-state index in [2.05, 4.69) is 27.6 Å². The maximum Gasteiger partial charge on any atom is 0.319 e. The molecule has 1 aliphatic rings. The summed E-state index contributed by atoms with van der Waals surface area (Å²) in [5.41, 5.74) is 0. The number of hydrogen-bond acceptors (Lipinski definition) is 6. The van der Waals surface area contributed by atoms with Crippen molar-refractivity contribution in [2.45, 2.75) is 23.5 Å². The maximum atomic E-state index is 12.5. The molecule has 0 unspecified atom stereocenters. The van der Waals surface area contributed by atoms with Crippen LogP contribution >= 0.6 is 23.1 Å². The fraction of sp³-hybridized carbons (Fsp3) is 0.444. The molecule has 1 N–H and O–H groups in total. The molecule has 0 radical (unpaired) electrons. The maximum absolute atomic E-state index is 12.5. The first-order chi connectivity index (χ1) is 13.0. The van der Waals surface area contributed by atoms with Gasteiger partial charge in [0.2, 0.25) is 11.0 Å². The first-order valence-corrected chi connectivity index (χ1v) is 10.6. The highest BCUT2D eigenvalue weighted by Crippen LogP contribution is 2.26. The molecule has 0 bridgehead atoms. The van der Waals surface area contributed by atoms with Crippen LogP contribution in [-0.4, -0.2) is 59.1 Å². The largest absolute Gasteiger partial charge is 0.331 e. The summed E-state index contributed by atoms with van der Waals surface area (Å²) in [6, 6.07) is 10.1. The lowest BCUT2D eigenvalue weighted by molar-refractivity contribution is -0.121. The molecule has 144 valence electrons. The third-order valence-corrected chi connectivity index (χ3v) is 6.37. The van der Waals surface area contributed by atoms with E-state index in [9.17, 15) is 9.59 Å². The van der Waals surface area contributed by atoms with Crippen molar-refractivity contribution >= 4 is 40.2 Å². The molecule has 0 spiro atoms. The second kappa shape index (κ2) is 9.18. The number of likely N-dealkylation sites (tertiary alicyclic amines) is 1. The van der Waals surface area contributed by atoms with Crippen LogP contribution in [0.1, 0.15) is 17.8 Å². The topological polar surface area (TPSA) is 78.4 Å². The quantitative estimate of drug-likeness (QED) is 0.773. The van der Waals surface area contributed by atoms with Crippen molar-refractivity contribution < 1.29 is 9.59 Å². The van der Waals surface area contributed by atoms with Gasteiger partial charge in [-0.2, -0.15) is 0 Å². The Balaban J connectivity index is 1.46. The molecule has 7 nitrogen and oxygen atoms in total. The van der Waals surface area contributed by atoms with E-state index in [1.165, 1.54) is 16.2 Å². The van der Waals surface area contributed by atoms with E-state index in [-0.39, 0.29) is 17.9 Å². The molecule has 3 amide bonds. The van der Waals surface area contributed by atoms with E-state index in [1.807, 2.05) is 18.2 Å². The van der Waals surface area contributed by atoms with Crippen LogP contribution in [0.3, 0.4) is 0 Å². The molecule has 0 atom stereocenters. The van der Waals surface area contributed by atoms with Crippen molar-refractivity contribution in [1.29, 1.82) is 0 Å². The molecule has 9 heteroatoms. The van der Waals surface area contributed by atoms with Gasteiger partial charge >= 0.3 is 6.03 Å². The smallest absolute Gasteiger partial charge is 0.319 e. The lowest BCUT2D eigenvalue weighted by Crippen LogP contribution is -2.45. The Morgan fingerprint density at radius 2 is 1.93 bits per heavy atom. The van der Waals surface area contributed by atoms with Crippen LogP contribution in [-0.2, 0) is 10.5 Å². The number of anilines is 1. The molecular weight excluding hydrogens is 382 g/mol. The van der Waals surface area contributed by atoms with E-state index in [0.717, 1.165) is 10.8 Å². The number of carbonyl (C=O) groups is 2. The van der Waals surface area contributed by atoms with E-state index in [4.69, 9.17) is 0 Å². The predicted octanol–water partition coefficient (Wildman–Crippen LogP) is 3.16. The van der Waals surface area contributed by atoms with Gasteiger partial charge in [0, 0.05) is 38.0 Å². The van der Waals surface area contributed by atoms with Crippen molar-refractivity contribution in [3.63, 3.8) is 0 Å². The average molecular weight is 406 g/mol. The summed E-state index contributed by atoms with van der Waals surface area (Å²) >= 11 is 3.10. The van der Waals surface area contributed by atoms with Crippen molar-refractivity contribution in [1.82, 2.24) is 20.0 Å². The highest BCUT2D eigenvalue weighted by atomic mass is 32.2. The van der Waals surface area contributed by atoms with Crippen LogP contribution in [0, 0.1) is 5.92 Å². The van der Waals surface area contributed by atoms with Crippen LogP contribution in [0.5, 0.6) is 0 Å². The van der Waals surface area contributed by atoms with Gasteiger partial charge in [-0.15, -0.1) is 22.0 Å². The molecule has 27 heavy (non-hydrogen) atoms. The summed E-state index contributed by atoms with van der Waals surface area (Å²) in [4.78, 5) is 29.0. The average Bonchev–Trinajstić information content (AvgIpc) is 3.14. The van der Waals surface area contributed by atoms with E-state index in [1.54, 1.807) is 35.7 Å². The summed E-state index contributed by atoms with van der Waals surface area (Å²) < 4.78 is 0. The Hall–Kier alpha value is -2.13. The van der Waals surface area contributed by atoms with Crippen molar-refractivity contribution in [3.05, 3.63) is 35.3 Å². The molecule has 2 heterocycles. The number of nitrogens with one attached hydrogen (secondary N) is 1. The fourth-order valence-electron chi connectivity index (χ4n) is 2.85. The fourth-order valence-corrected chi connectivity index (χ4v) is 4.50. The van der Waals surface area contributed by atoms with E-state index in [0.29, 0.717) is 31.1 Å². The number of aromatic nitrogens is 2. The van der Waals surface area contributed by atoms with Gasteiger partial charge in [0.05, 0.1) is 5.75 Å². The van der Waals surface area contributed by atoms with Gasteiger partial charge in [-0.25, -0.2) is 4.79 Å². The van der Waals surface area contributed by atoms with Crippen molar-refractivity contribution in [3.8, 4) is 0 Å². The number of thioether (sulfide) groups is 1. The number of hydrogen-bond donors (Lipinski definition) is 1. The number of nitrogens with zero attached hydrogens (tertiary/aromatic N) is 4. The first kappa shape index (κ1) is 19.6. The lowest BCUT2D eigenvalue weighted by Gasteiger charge is -2.32. The Bertz CT molecular complexity index is 773. The summed E-state index contributed by atoms with van der Waals surface area (Å²) in [6.45, 7) is 1.20.